The highest BCUT2D eigenvalue weighted by Gasteiger charge is 1.95. The van der Waals surface area contributed by atoms with Crippen LogP contribution >= 0.6 is 11.3 Å². The van der Waals surface area contributed by atoms with Crippen LogP contribution < -0.4 is 5.32 Å². The van der Waals surface area contributed by atoms with Crippen molar-refractivity contribution >= 4 is 11.3 Å². The number of ether oxygens (including phenoxy) is 1. The average molecular weight is 214 g/mol. The standard InChI is InChI=1S/C10H18N2OS/c1-9(2)6-13-4-3-11-5-10-7-14-8-12-10/h7-9,11H,3-6H2,1-2H3. The first kappa shape index (κ1) is 11.6. The van der Waals surface area contributed by atoms with E-state index in [0.29, 0.717) is 5.92 Å². The van der Waals surface area contributed by atoms with Crippen LogP contribution in [0.5, 0.6) is 0 Å². The molecule has 0 unspecified atom stereocenters. The van der Waals surface area contributed by atoms with Crippen LogP contribution in [0.15, 0.2) is 10.9 Å². The maximum atomic E-state index is 5.43. The zero-order chi connectivity index (χ0) is 10.2. The molecule has 0 bridgehead atoms. The molecular formula is C10H18N2OS. The van der Waals surface area contributed by atoms with Crippen molar-refractivity contribution in [2.24, 2.45) is 5.92 Å². The Labute approximate surface area is 89.5 Å². The van der Waals surface area contributed by atoms with Gasteiger partial charge in [-0.3, -0.25) is 0 Å². The fourth-order valence-electron chi connectivity index (χ4n) is 1.00. The third-order valence-corrected chi connectivity index (χ3v) is 2.30. The quantitative estimate of drug-likeness (QED) is 0.704. The van der Waals surface area contributed by atoms with Gasteiger partial charge in [-0.05, 0) is 5.92 Å². The van der Waals surface area contributed by atoms with Crippen molar-refractivity contribution in [1.29, 1.82) is 0 Å². The van der Waals surface area contributed by atoms with Gasteiger partial charge in [0.1, 0.15) is 0 Å². The fourth-order valence-corrected chi connectivity index (χ4v) is 1.56. The number of hydrogen-bond acceptors (Lipinski definition) is 4. The molecular weight excluding hydrogens is 196 g/mol. The van der Waals surface area contributed by atoms with Gasteiger partial charge in [-0.15, -0.1) is 11.3 Å². The van der Waals surface area contributed by atoms with E-state index in [4.69, 9.17) is 4.74 Å². The SMILES string of the molecule is CC(C)COCCNCc1cscn1. The lowest BCUT2D eigenvalue weighted by Gasteiger charge is -2.06. The first-order valence-corrected chi connectivity index (χ1v) is 5.89. The van der Waals surface area contributed by atoms with E-state index in [1.165, 1.54) is 0 Å². The van der Waals surface area contributed by atoms with Gasteiger partial charge in [-0.25, -0.2) is 4.98 Å². The molecule has 0 atom stereocenters. The Balaban J connectivity index is 1.90. The second-order valence-corrected chi connectivity index (χ2v) is 4.34. The molecule has 1 rings (SSSR count). The lowest BCUT2D eigenvalue weighted by atomic mass is 10.2. The molecule has 0 saturated carbocycles. The van der Waals surface area contributed by atoms with Crippen LogP contribution in [0.3, 0.4) is 0 Å². The normalized spacial score (nSPS) is 11.1. The van der Waals surface area contributed by atoms with Gasteiger partial charge in [0.2, 0.25) is 0 Å². The predicted octanol–water partition coefficient (Wildman–Crippen LogP) is 1.91. The van der Waals surface area contributed by atoms with Gasteiger partial charge >= 0.3 is 0 Å². The van der Waals surface area contributed by atoms with Gasteiger partial charge in [0.25, 0.3) is 0 Å². The zero-order valence-electron chi connectivity index (χ0n) is 8.82. The predicted molar refractivity (Wildman–Crippen MR) is 59.5 cm³/mol. The minimum absolute atomic E-state index is 0.619. The smallest absolute Gasteiger partial charge is 0.0795 e. The van der Waals surface area contributed by atoms with Crippen LogP contribution in [0.1, 0.15) is 19.5 Å². The first-order chi connectivity index (χ1) is 6.79. The van der Waals surface area contributed by atoms with Gasteiger partial charge in [0, 0.05) is 25.1 Å². The summed E-state index contributed by atoms with van der Waals surface area (Å²) < 4.78 is 5.43. The summed E-state index contributed by atoms with van der Waals surface area (Å²) in [6.07, 6.45) is 0. The summed E-state index contributed by atoms with van der Waals surface area (Å²) in [7, 11) is 0. The highest BCUT2D eigenvalue weighted by atomic mass is 32.1. The summed E-state index contributed by atoms with van der Waals surface area (Å²) in [5, 5.41) is 5.34. The summed E-state index contributed by atoms with van der Waals surface area (Å²) in [4.78, 5) is 4.18. The summed E-state index contributed by atoms with van der Waals surface area (Å²) >= 11 is 1.63. The second-order valence-electron chi connectivity index (χ2n) is 3.63. The third-order valence-electron chi connectivity index (χ3n) is 1.66. The van der Waals surface area contributed by atoms with Crippen molar-refractivity contribution in [1.82, 2.24) is 10.3 Å². The molecule has 4 heteroatoms. The van der Waals surface area contributed by atoms with Gasteiger partial charge in [0.05, 0.1) is 17.8 Å². The van der Waals surface area contributed by atoms with E-state index in [0.717, 1.165) is 32.0 Å². The van der Waals surface area contributed by atoms with Crippen molar-refractivity contribution in [2.45, 2.75) is 20.4 Å². The van der Waals surface area contributed by atoms with Crippen molar-refractivity contribution in [3.05, 3.63) is 16.6 Å². The van der Waals surface area contributed by atoms with E-state index >= 15 is 0 Å². The molecule has 1 heterocycles. The van der Waals surface area contributed by atoms with Crippen molar-refractivity contribution in [3.63, 3.8) is 0 Å². The zero-order valence-corrected chi connectivity index (χ0v) is 9.64. The molecule has 1 aromatic heterocycles. The summed E-state index contributed by atoms with van der Waals surface area (Å²) in [5.74, 6) is 0.619. The van der Waals surface area contributed by atoms with Crippen molar-refractivity contribution in [2.75, 3.05) is 19.8 Å². The Morgan fingerprint density at radius 2 is 2.43 bits per heavy atom. The molecule has 0 saturated heterocycles. The number of nitrogens with zero attached hydrogens (tertiary/aromatic N) is 1. The molecule has 0 radical (unpaired) electrons. The molecule has 0 aliphatic carbocycles. The van der Waals surface area contributed by atoms with Gasteiger partial charge in [0.15, 0.2) is 0 Å². The molecule has 0 aliphatic heterocycles. The van der Waals surface area contributed by atoms with Crippen molar-refractivity contribution in [3.8, 4) is 0 Å². The Hall–Kier alpha value is -0.450. The fraction of sp³-hybridized carbons (Fsp3) is 0.700. The molecule has 1 aromatic rings. The summed E-state index contributed by atoms with van der Waals surface area (Å²) in [5.41, 5.74) is 2.96. The van der Waals surface area contributed by atoms with E-state index in [1.807, 2.05) is 5.51 Å². The van der Waals surface area contributed by atoms with E-state index in [2.05, 4.69) is 29.5 Å². The van der Waals surface area contributed by atoms with Crippen LogP contribution in [0.2, 0.25) is 0 Å². The molecule has 0 amide bonds. The van der Waals surface area contributed by atoms with Crippen molar-refractivity contribution < 1.29 is 4.74 Å². The number of thiazole rings is 1. The molecule has 0 aliphatic rings. The minimum Gasteiger partial charge on any atom is -0.380 e. The topological polar surface area (TPSA) is 34.1 Å². The Bertz CT molecular complexity index is 224. The lowest BCUT2D eigenvalue weighted by Crippen LogP contribution is -2.20. The van der Waals surface area contributed by atoms with Gasteiger partial charge < -0.3 is 10.1 Å². The number of rotatable bonds is 7. The highest BCUT2D eigenvalue weighted by molar-refractivity contribution is 7.07. The van der Waals surface area contributed by atoms with Gasteiger partial charge in [-0.1, -0.05) is 13.8 Å². The summed E-state index contributed by atoms with van der Waals surface area (Å²) in [6.45, 7) is 7.67. The second kappa shape index (κ2) is 6.92. The molecule has 0 spiro atoms. The van der Waals surface area contributed by atoms with Crippen LogP contribution in [0.25, 0.3) is 0 Å². The molecule has 14 heavy (non-hydrogen) atoms. The lowest BCUT2D eigenvalue weighted by molar-refractivity contribution is 0.111. The van der Waals surface area contributed by atoms with E-state index < -0.39 is 0 Å². The van der Waals surface area contributed by atoms with Crippen LogP contribution in [-0.4, -0.2) is 24.7 Å². The molecule has 0 aromatic carbocycles. The van der Waals surface area contributed by atoms with Crippen LogP contribution in [0.4, 0.5) is 0 Å². The monoisotopic (exact) mass is 214 g/mol. The highest BCUT2D eigenvalue weighted by Crippen LogP contribution is 1.99. The number of hydrogen-bond donors (Lipinski definition) is 1. The largest absolute Gasteiger partial charge is 0.380 e. The van der Waals surface area contributed by atoms with Gasteiger partial charge in [-0.2, -0.15) is 0 Å². The molecule has 80 valence electrons. The number of nitrogens with one attached hydrogen (secondary N) is 1. The Kier molecular flexibility index (Phi) is 5.75. The molecule has 0 fully saturated rings. The maximum Gasteiger partial charge on any atom is 0.0795 e. The Morgan fingerprint density at radius 3 is 3.07 bits per heavy atom. The van der Waals surface area contributed by atoms with Crippen LogP contribution in [0, 0.1) is 5.92 Å². The third kappa shape index (κ3) is 5.32. The first-order valence-electron chi connectivity index (χ1n) is 4.94. The van der Waals surface area contributed by atoms with E-state index in [1.54, 1.807) is 11.3 Å². The average Bonchev–Trinajstić information content (AvgIpc) is 2.63. The van der Waals surface area contributed by atoms with E-state index in [9.17, 15) is 0 Å². The number of aromatic nitrogens is 1. The molecule has 1 N–H and O–H groups in total. The minimum atomic E-state index is 0.619. The van der Waals surface area contributed by atoms with E-state index in [-0.39, 0.29) is 0 Å². The maximum absolute atomic E-state index is 5.43. The molecule has 3 nitrogen and oxygen atoms in total. The summed E-state index contributed by atoms with van der Waals surface area (Å²) in [6, 6.07) is 0. The van der Waals surface area contributed by atoms with Crippen LogP contribution in [-0.2, 0) is 11.3 Å². The Morgan fingerprint density at radius 1 is 1.57 bits per heavy atom.